The molecule has 0 bridgehead atoms. The van der Waals surface area contributed by atoms with E-state index >= 15 is 0 Å². The van der Waals surface area contributed by atoms with Gasteiger partial charge in [-0.3, -0.25) is 0 Å². The Kier molecular flexibility index (Phi) is 12.0. The van der Waals surface area contributed by atoms with Gasteiger partial charge in [-0.1, -0.05) is 255 Å². The third kappa shape index (κ3) is 8.95. The quantitative estimate of drug-likeness (QED) is 0.130. The zero-order valence-electron chi connectivity index (χ0n) is 39.5. The first kappa shape index (κ1) is 43.7. The minimum absolute atomic E-state index is 0.678. The summed E-state index contributed by atoms with van der Waals surface area (Å²) in [7, 11) is 0. The maximum Gasteiger partial charge on any atom is 0.160 e. The Morgan fingerprint density at radius 3 is 0.944 bits per heavy atom. The molecule has 72 heavy (non-hydrogen) atoms. The summed E-state index contributed by atoms with van der Waals surface area (Å²) < 4.78 is 0. The zero-order valence-corrected chi connectivity index (χ0v) is 39.5. The number of hydrogen-bond acceptors (Lipinski definition) is 3. The summed E-state index contributed by atoms with van der Waals surface area (Å²) in [5, 5.41) is 0. The maximum absolute atomic E-state index is 5.65. The molecule has 0 atom stereocenters. The molecule has 0 aliphatic heterocycles. The van der Waals surface area contributed by atoms with Crippen LogP contribution in [0, 0.1) is 0 Å². The highest BCUT2D eigenvalue weighted by Crippen LogP contribution is 2.49. The van der Waals surface area contributed by atoms with Crippen LogP contribution in [0.1, 0.15) is 0 Å². The van der Waals surface area contributed by atoms with E-state index in [1.807, 2.05) is 18.2 Å². The first-order valence-corrected chi connectivity index (χ1v) is 24.4. The number of rotatable bonds is 11. The summed E-state index contributed by atoms with van der Waals surface area (Å²) in [4.78, 5) is 16.2. The average Bonchev–Trinajstić information content (AvgIpc) is 3.48. The lowest BCUT2D eigenvalue weighted by Crippen LogP contribution is -2.01. The molecular formula is C69H47N3. The third-order valence-corrected chi connectivity index (χ3v) is 13.3. The molecule has 0 aliphatic rings. The lowest BCUT2D eigenvalue weighted by molar-refractivity contribution is 1.18. The van der Waals surface area contributed by atoms with E-state index in [-0.39, 0.29) is 0 Å². The molecule has 0 spiro atoms. The fraction of sp³-hybridized carbons (Fsp3) is 0. The van der Waals surface area contributed by atoms with Crippen LogP contribution in [0.25, 0.3) is 123 Å². The van der Waals surface area contributed by atoms with Crippen LogP contribution >= 0.6 is 0 Å². The molecule has 0 N–H and O–H groups in total. The van der Waals surface area contributed by atoms with Gasteiger partial charge in [0.15, 0.2) is 5.82 Å². The van der Waals surface area contributed by atoms with Crippen molar-refractivity contribution in [3.8, 4) is 123 Å². The first-order valence-electron chi connectivity index (χ1n) is 24.4. The summed E-state index contributed by atoms with van der Waals surface area (Å²) in [5.74, 6) is 0.678. The van der Waals surface area contributed by atoms with Crippen molar-refractivity contribution in [1.82, 2.24) is 15.0 Å². The summed E-state index contributed by atoms with van der Waals surface area (Å²) >= 11 is 0. The normalized spacial score (nSPS) is 11.1. The third-order valence-electron chi connectivity index (χ3n) is 13.3. The first-order chi connectivity index (χ1) is 35.7. The van der Waals surface area contributed by atoms with E-state index in [2.05, 4.69) is 267 Å². The Morgan fingerprint density at radius 2 is 0.486 bits per heavy atom. The largest absolute Gasteiger partial charge is 0.246 e. The van der Waals surface area contributed by atoms with E-state index in [0.29, 0.717) is 5.82 Å². The van der Waals surface area contributed by atoms with Gasteiger partial charge in [0.1, 0.15) is 0 Å². The van der Waals surface area contributed by atoms with Crippen molar-refractivity contribution >= 4 is 0 Å². The zero-order chi connectivity index (χ0) is 48.1. The lowest BCUT2D eigenvalue weighted by atomic mass is 9.82. The van der Waals surface area contributed by atoms with Crippen molar-refractivity contribution in [2.45, 2.75) is 0 Å². The van der Waals surface area contributed by atoms with Gasteiger partial charge in [-0.15, -0.1) is 0 Å². The Morgan fingerprint density at radius 1 is 0.167 bits per heavy atom. The fourth-order valence-electron chi connectivity index (χ4n) is 9.77. The fourth-order valence-corrected chi connectivity index (χ4v) is 9.77. The minimum Gasteiger partial charge on any atom is -0.246 e. The molecule has 3 nitrogen and oxygen atoms in total. The van der Waals surface area contributed by atoms with Crippen molar-refractivity contribution in [2.75, 3.05) is 0 Å². The van der Waals surface area contributed by atoms with Crippen LogP contribution < -0.4 is 0 Å². The highest BCUT2D eigenvalue weighted by atomic mass is 14.9. The van der Waals surface area contributed by atoms with Gasteiger partial charge < -0.3 is 0 Å². The van der Waals surface area contributed by atoms with E-state index < -0.39 is 0 Å². The van der Waals surface area contributed by atoms with Crippen molar-refractivity contribution in [3.05, 3.63) is 285 Å². The van der Waals surface area contributed by atoms with Gasteiger partial charge in [-0.25, -0.2) is 15.0 Å². The van der Waals surface area contributed by atoms with Crippen LogP contribution in [0.15, 0.2) is 285 Å². The van der Waals surface area contributed by atoms with Crippen molar-refractivity contribution in [1.29, 1.82) is 0 Å². The van der Waals surface area contributed by atoms with Gasteiger partial charge in [0.05, 0.1) is 22.8 Å². The van der Waals surface area contributed by atoms with Gasteiger partial charge in [0.25, 0.3) is 0 Å². The SMILES string of the molecule is c1ccc(-c2cc(-c3ccccc3)cc(-c3cc(-c4ccc(-c5cccc(-c6c(-c7ccccc7)c(-c7ccccc7)nc(-c7ccccc7)c6-c6ccccc6)c5)cc4)nc(-c4ccccc4)n3)c2)cc1. The lowest BCUT2D eigenvalue weighted by Gasteiger charge is -2.23. The Bertz CT molecular complexity index is 3630. The van der Waals surface area contributed by atoms with E-state index in [0.717, 1.165) is 117 Å². The number of pyridine rings is 1. The average molecular weight is 918 g/mol. The molecule has 3 heteroatoms. The Labute approximate surface area is 421 Å². The second kappa shape index (κ2) is 19.8. The van der Waals surface area contributed by atoms with Crippen molar-refractivity contribution < 1.29 is 0 Å². The minimum atomic E-state index is 0.678. The molecule has 0 amide bonds. The molecular weight excluding hydrogens is 871 g/mol. The van der Waals surface area contributed by atoms with Crippen LogP contribution in [0.4, 0.5) is 0 Å². The maximum atomic E-state index is 5.65. The van der Waals surface area contributed by atoms with Gasteiger partial charge >= 0.3 is 0 Å². The van der Waals surface area contributed by atoms with E-state index in [1.54, 1.807) is 0 Å². The molecule has 12 aromatic rings. The molecule has 0 aliphatic carbocycles. The molecule has 0 fully saturated rings. The van der Waals surface area contributed by atoms with Gasteiger partial charge in [-0.05, 0) is 80.4 Å². The summed E-state index contributed by atoms with van der Waals surface area (Å²) in [6.07, 6.45) is 0. The monoisotopic (exact) mass is 917 g/mol. The predicted molar refractivity (Wildman–Crippen MR) is 300 cm³/mol. The number of benzene rings is 10. The molecule has 338 valence electrons. The predicted octanol–water partition coefficient (Wildman–Crippen LogP) is 18.2. The molecule has 12 rings (SSSR count). The standard InChI is InChI=1S/C69H47N3/c1-8-23-48(24-9-1)59-44-60(49-25-10-2-11-26-49)46-61(45-59)63-47-62(70-69(71-63)56-35-20-7-21-36-56)51-41-39-50(40-42-51)57-37-22-38-58(43-57)64-65(52-27-12-3-13-28-52)67(54-31-16-5-17-32-54)72-68(55-33-18-6-19-34-55)66(64)53-29-14-4-15-30-53/h1-47H. The van der Waals surface area contributed by atoms with Crippen molar-refractivity contribution in [2.24, 2.45) is 0 Å². The van der Waals surface area contributed by atoms with Crippen LogP contribution in [0.3, 0.4) is 0 Å². The smallest absolute Gasteiger partial charge is 0.160 e. The van der Waals surface area contributed by atoms with Gasteiger partial charge in [0.2, 0.25) is 0 Å². The Hall–Kier alpha value is -9.57. The number of nitrogens with zero attached hydrogens (tertiary/aromatic N) is 3. The topological polar surface area (TPSA) is 38.7 Å². The molecule has 0 unspecified atom stereocenters. The van der Waals surface area contributed by atoms with E-state index in [4.69, 9.17) is 15.0 Å². The molecule has 0 saturated heterocycles. The van der Waals surface area contributed by atoms with E-state index in [9.17, 15) is 0 Å². The number of hydrogen-bond donors (Lipinski definition) is 0. The molecule has 10 aromatic carbocycles. The summed E-state index contributed by atoms with van der Waals surface area (Å²) in [6, 6.07) is 101. The van der Waals surface area contributed by atoms with Crippen LogP contribution in [-0.4, -0.2) is 15.0 Å². The van der Waals surface area contributed by atoms with Gasteiger partial charge in [-0.2, -0.15) is 0 Å². The van der Waals surface area contributed by atoms with Crippen LogP contribution in [-0.2, 0) is 0 Å². The molecule has 0 radical (unpaired) electrons. The summed E-state index contributed by atoms with van der Waals surface area (Å²) in [6.45, 7) is 0. The van der Waals surface area contributed by atoms with Gasteiger partial charge in [0, 0.05) is 44.5 Å². The highest BCUT2D eigenvalue weighted by Gasteiger charge is 2.25. The number of aromatic nitrogens is 3. The second-order valence-corrected chi connectivity index (χ2v) is 17.9. The van der Waals surface area contributed by atoms with Crippen molar-refractivity contribution in [3.63, 3.8) is 0 Å². The van der Waals surface area contributed by atoms with E-state index in [1.165, 1.54) is 0 Å². The second-order valence-electron chi connectivity index (χ2n) is 17.9. The highest BCUT2D eigenvalue weighted by molar-refractivity contribution is 6.05. The molecule has 2 aromatic heterocycles. The molecule has 2 heterocycles. The van der Waals surface area contributed by atoms with Crippen LogP contribution in [0.5, 0.6) is 0 Å². The Balaban J connectivity index is 1.01. The van der Waals surface area contributed by atoms with Crippen LogP contribution in [0.2, 0.25) is 0 Å². The molecule has 0 saturated carbocycles. The summed E-state index contributed by atoms with van der Waals surface area (Å²) in [5.41, 5.74) is 22.1.